The largest absolute Gasteiger partial charge is 0.494 e. The first-order valence-electron chi connectivity index (χ1n) is 8.02. The molecule has 0 aliphatic heterocycles. The molecule has 2 aromatic carbocycles. The van der Waals surface area contributed by atoms with Crippen molar-refractivity contribution in [1.82, 2.24) is 4.98 Å². The van der Waals surface area contributed by atoms with Crippen LogP contribution >= 0.6 is 20.7 Å². The molecule has 0 aliphatic carbocycles. The molecule has 0 aliphatic rings. The average molecular weight is 374 g/mol. The fourth-order valence-corrected chi connectivity index (χ4v) is 3.84. The number of nitrogens with one attached hydrogen (secondary N) is 1. The lowest BCUT2D eigenvalue weighted by Gasteiger charge is -2.09. The van der Waals surface area contributed by atoms with Gasteiger partial charge in [-0.2, -0.15) is 4.98 Å². The van der Waals surface area contributed by atoms with E-state index in [0.29, 0.717) is 23.8 Å². The van der Waals surface area contributed by atoms with Crippen LogP contribution in [0.4, 0.5) is 16.5 Å². The highest BCUT2D eigenvalue weighted by atomic mass is 32.9. The summed E-state index contributed by atoms with van der Waals surface area (Å²) in [7, 11) is 3.07. The summed E-state index contributed by atoms with van der Waals surface area (Å²) in [6.07, 6.45) is 0. The average Bonchev–Trinajstić information content (AvgIpc) is 3.05. The molecular weight excluding hydrogens is 354 g/mol. The number of hydrogen-bond acceptors (Lipinski definition) is 7. The van der Waals surface area contributed by atoms with E-state index in [-0.39, 0.29) is 0 Å². The predicted octanol–water partition coefficient (Wildman–Crippen LogP) is 4.98. The summed E-state index contributed by atoms with van der Waals surface area (Å²) in [4.78, 5) is 9.84. The lowest BCUT2D eigenvalue weighted by atomic mass is 10.3. The van der Waals surface area contributed by atoms with E-state index in [9.17, 15) is 0 Å². The molecule has 1 N–H and O–H groups in total. The maximum absolute atomic E-state index is 5.69. The molecule has 7 heteroatoms. The van der Waals surface area contributed by atoms with E-state index in [2.05, 4.69) is 15.3 Å². The predicted molar refractivity (Wildman–Crippen MR) is 104 cm³/mol. The van der Waals surface area contributed by atoms with Crippen LogP contribution in [-0.2, 0) is 0 Å². The lowest BCUT2D eigenvalue weighted by molar-refractivity contribution is 0.324. The second-order valence-electron chi connectivity index (χ2n) is 4.96. The molecule has 0 unspecified atom stereocenters. The number of nitrogens with zero attached hydrogens (tertiary/aromatic N) is 2. The molecule has 3 rings (SSSR count). The molecule has 0 radical (unpaired) electrons. The molecule has 1 aromatic heterocycles. The SMILES string of the molecule is CCOc1ccc(N=c2nc(Nc3ccccc3)ss2)c(OCC)c1. The summed E-state index contributed by atoms with van der Waals surface area (Å²) in [6, 6.07) is 15.6. The summed E-state index contributed by atoms with van der Waals surface area (Å²) >= 11 is 0. The zero-order valence-electron chi connectivity index (χ0n) is 14.1. The molecule has 25 heavy (non-hydrogen) atoms. The van der Waals surface area contributed by atoms with Crippen LogP contribution < -0.4 is 19.6 Å². The van der Waals surface area contributed by atoms with Gasteiger partial charge in [-0.25, -0.2) is 4.99 Å². The van der Waals surface area contributed by atoms with Crippen molar-refractivity contribution in [3.05, 3.63) is 53.3 Å². The molecule has 0 saturated carbocycles. The van der Waals surface area contributed by atoms with Crippen LogP contribution in [0.25, 0.3) is 0 Å². The minimum atomic E-state index is 0.569. The van der Waals surface area contributed by atoms with Crippen molar-refractivity contribution in [2.45, 2.75) is 13.8 Å². The molecule has 0 bridgehead atoms. The first-order chi connectivity index (χ1) is 12.3. The van der Waals surface area contributed by atoms with Crippen molar-refractivity contribution in [3.63, 3.8) is 0 Å². The van der Waals surface area contributed by atoms with E-state index in [4.69, 9.17) is 9.47 Å². The number of rotatable bonds is 7. The Balaban J connectivity index is 1.85. The number of ether oxygens (including phenoxy) is 2. The number of hydrogen-bond donors (Lipinski definition) is 1. The molecule has 130 valence electrons. The minimum Gasteiger partial charge on any atom is -0.494 e. The summed E-state index contributed by atoms with van der Waals surface area (Å²) in [5, 5.41) is 4.10. The minimum absolute atomic E-state index is 0.569. The van der Waals surface area contributed by atoms with Gasteiger partial charge in [-0.1, -0.05) is 18.2 Å². The Hall–Kier alpha value is -2.38. The number of para-hydroxylation sites is 1. The van der Waals surface area contributed by atoms with E-state index < -0.39 is 0 Å². The second kappa shape index (κ2) is 8.64. The molecule has 5 nitrogen and oxygen atoms in total. The quantitative estimate of drug-likeness (QED) is 0.594. The van der Waals surface area contributed by atoms with Crippen LogP contribution in [0.15, 0.2) is 53.5 Å². The summed E-state index contributed by atoms with van der Waals surface area (Å²) in [5.41, 5.74) is 1.75. The Morgan fingerprint density at radius 3 is 2.56 bits per heavy atom. The van der Waals surface area contributed by atoms with Gasteiger partial charge in [-0.15, -0.1) is 0 Å². The van der Waals surface area contributed by atoms with E-state index >= 15 is 0 Å². The van der Waals surface area contributed by atoms with Crippen LogP contribution in [0.2, 0.25) is 0 Å². The van der Waals surface area contributed by atoms with Crippen LogP contribution in [0, 0.1) is 0 Å². The highest BCUT2D eigenvalue weighted by Gasteiger charge is 2.06. The Morgan fingerprint density at radius 2 is 1.80 bits per heavy atom. The summed E-state index contributed by atoms with van der Waals surface area (Å²) < 4.78 is 11.2. The Morgan fingerprint density at radius 1 is 1.00 bits per heavy atom. The maximum Gasteiger partial charge on any atom is 0.222 e. The third-order valence-corrected chi connectivity index (χ3v) is 5.11. The van der Waals surface area contributed by atoms with Crippen LogP contribution in [0.3, 0.4) is 0 Å². The summed E-state index contributed by atoms with van der Waals surface area (Å²) in [5.74, 6) is 1.48. The van der Waals surface area contributed by atoms with Gasteiger partial charge in [0, 0.05) is 11.8 Å². The van der Waals surface area contributed by atoms with Gasteiger partial charge in [-0.3, -0.25) is 0 Å². The van der Waals surface area contributed by atoms with Gasteiger partial charge in [0.1, 0.15) is 17.2 Å². The molecule has 1 heterocycles. The van der Waals surface area contributed by atoms with Gasteiger partial charge in [-0.05, 0) is 58.8 Å². The standard InChI is InChI=1S/C18H19N3O2S2/c1-3-22-14-10-11-15(16(12-14)23-4-2)20-18-21-17(24-25-18)19-13-8-6-5-7-9-13/h5-12H,3-4H2,1-2H3,(H,19,20,21). The van der Waals surface area contributed by atoms with E-state index in [1.807, 2.05) is 62.4 Å². The highest BCUT2D eigenvalue weighted by Crippen LogP contribution is 2.32. The van der Waals surface area contributed by atoms with Crippen molar-refractivity contribution in [2.24, 2.45) is 4.99 Å². The van der Waals surface area contributed by atoms with Crippen molar-refractivity contribution in [2.75, 3.05) is 18.5 Å². The fraction of sp³-hybridized carbons (Fsp3) is 0.222. The van der Waals surface area contributed by atoms with Crippen LogP contribution in [0.1, 0.15) is 13.8 Å². The van der Waals surface area contributed by atoms with Gasteiger partial charge < -0.3 is 14.8 Å². The number of benzene rings is 2. The fourth-order valence-electron chi connectivity index (χ4n) is 2.16. The second-order valence-corrected chi connectivity index (χ2v) is 7.05. The van der Waals surface area contributed by atoms with Crippen LogP contribution in [0.5, 0.6) is 11.5 Å². The molecule has 0 fully saturated rings. The van der Waals surface area contributed by atoms with Gasteiger partial charge >= 0.3 is 0 Å². The molecule has 0 atom stereocenters. The van der Waals surface area contributed by atoms with Gasteiger partial charge in [0.05, 0.1) is 13.2 Å². The van der Waals surface area contributed by atoms with E-state index in [0.717, 1.165) is 22.3 Å². The molecule has 3 aromatic rings. The van der Waals surface area contributed by atoms with Crippen molar-refractivity contribution in [3.8, 4) is 11.5 Å². The number of aromatic nitrogens is 1. The first kappa shape index (κ1) is 17.4. The maximum atomic E-state index is 5.69. The van der Waals surface area contributed by atoms with Crippen molar-refractivity contribution in [1.29, 1.82) is 0 Å². The van der Waals surface area contributed by atoms with Crippen molar-refractivity contribution < 1.29 is 9.47 Å². The number of anilines is 2. The zero-order chi connectivity index (χ0) is 17.5. The Kier molecular flexibility index (Phi) is 6.03. The molecule has 0 spiro atoms. The molecule has 0 saturated heterocycles. The zero-order valence-corrected chi connectivity index (χ0v) is 15.7. The van der Waals surface area contributed by atoms with Gasteiger partial charge in [0.2, 0.25) is 4.80 Å². The molecule has 0 amide bonds. The third kappa shape index (κ3) is 4.80. The van der Waals surface area contributed by atoms with E-state index in [1.54, 1.807) is 10.3 Å². The summed E-state index contributed by atoms with van der Waals surface area (Å²) in [6.45, 7) is 5.09. The smallest absolute Gasteiger partial charge is 0.222 e. The molecular formula is C18H19N3O2S2. The highest BCUT2D eigenvalue weighted by molar-refractivity contribution is 7.69. The van der Waals surface area contributed by atoms with Gasteiger partial charge in [0.15, 0.2) is 5.13 Å². The Bertz CT molecular complexity index is 875. The Labute approximate surface area is 154 Å². The van der Waals surface area contributed by atoms with Crippen molar-refractivity contribution >= 4 is 37.2 Å². The first-order valence-corrected chi connectivity index (χ1v) is 10.2. The van der Waals surface area contributed by atoms with Gasteiger partial charge in [0.25, 0.3) is 0 Å². The monoisotopic (exact) mass is 373 g/mol. The normalized spacial score (nSPS) is 11.4. The third-order valence-electron chi connectivity index (χ3n) is 3.18. The van der Waals surface area contributed by atoms with Crippen LogP contribution in [-0.4, -0.2) is 18.2 Å². The lowest BCUT2D eigenvalue weighted by Crippen LogP contribution is -2.00. The topological polar surface area (TPSA) is 55.7 Å². The van der Waals surface area contributed by atoms with E-state index in [1.165, 1.54) is 10.3 Å².